The van der Waals surface area contributed by atoms with E-state index in [1.54, 1.807) is 0 Å². The molecule has 0 saturated carbocycles. The first-order valence-corrected chi connectivity index (χ1v) is 2.98. The van der Waals surface area contributed by atoms with Gasteiger partial charge in [0.25, 0.3) is 0 Å². The average Bonchev–Trinajstić information content (AvgIpc) is 1.65. The first-order chi connectivity index (χ1) is 3.18. The van der Waals surface area contributed by atoms with Gasteiger partial charge in [0.05, 0.1) is 7.11 Å². The first-order valence-electron chi connectivity index (χ1n) is 1.73. The molecule has 1 atom stereocenters. The zero-order valence-corrected chi connectivity index (χ0v) is 6.14. The molecule has 41 valence electrons. The molecule has 1 unspecified atom stereocenters. The maximum Gasteiger partial charge on any atom is 0.318 e. The Morgan fingerprint density at radius 3 is 2.43 bits per heavy atom. The van der Waals surface area contributed by atoms with Gasteiger partial charge in [-0.3, -0.25) is 4.79 Å². The third-order valence-electron chi connectivity index (χ3n) is 0.457. The Morgan fingerprint density at radius 2 is 2.43 bits per heavy atom. The van der Waals surface area contributed by atoms with Crippen LogP contribution in [0.1, 0.15) is 0 Å². The van der Waals surface area contributed by atoms with Crippen LogP contribution in [0.15, 0.2) is 0 Å². The molecule has 0 aromatic carbocycles. The van der Waals surface area contributed by atoms with Gasteiger partial charge in [-0.25, -0.2) is 0 Å². The van der Waals surface area contributed by atoms with Crippen molar-refractivity contribution in [2.24, 2.45) is 0 Å². The molecule has 0 aliphatic carbocycles. The van der Waals surface area contributed by atoms with Gasteiger partial charge in [0.15, 0.2) is 0 Å². The molecular formula is C4H6IO2. The summed E-state index contributed by atoms with van der Waals surface area (Å²) in [6.07, 6.45) is 0. The van der Waals surface area contributed by atoms with Gasteiger partial charge in [-0.2, -0.15) is 0 Å². The van der Waals surface area contributed by atoms with Crippen LogP contribution in [0, 0.1) is 6.92 Å². The normalized spacial score (nSPS) is 13.0. The Morgan fingerprint density at radius 1 is 2.00 bits per heavy atom. The third kappa shape index (κ3) is 2.85. The van der Waals surface area contributed by atoms with Crippen molar-refractivity contribution in [1.29, 1.82) is 0 Å². The van der Waals surface area contributed by atoms with Gasteiger partial charge in [0.2, 0.25) is 0 Å². The van der Waals surface area contributed by atoms with Crippen LogP contribution in [0.2, 0.25) is 0 Å². The molecule has 0 N–H and O–H groups in total. The molecule has 0 heterocycles. The lowest BCUT2D eigenvalue weighted by molar-refractivity contribution is -0.138. The summed E-state index contributed by atoms with van der Waals surface area (Å²) in [6.45, 7) is 3.42. The summed E-state index contributed by atoms with van der Waals surface area (Å²) < 4.78 is 4.03. The summed E-state index contributed by atoms with van der Waals surface area (Å²) in [5.41, 5.74) is 0. The highest BCUT2D eigenvalue weighted by Crippen LogP contribution is 1.97. The van der Waals surface area contributed by atoms with Crippen molar-refractivity contribution in [3.05, 3.63) is 6.92 Å². The van der Waals surface area contributed by atoms with Crippen molar-refractivity contribution in [3.8, 4) is 0 Å². The summed E-state index contributed by atoms with van der Waals surface area (Å²) in [4.78, 5) is 10.2. The van der Waals surface area contributed by atoms with Gasteiger partial charge in [-0.1, -0.05) is 22.6 Å². The van der Waals surface area contributed by atoms with Crippen LogP contribution in [0.4, 0.5) is 0 Å². The van der Waals surface area contributed by atoms with E-state index in [-0.39, 0.29) is 9.89 Å². The molecule has 0 spiro atoms. The molecule has 0 aliphatic heterocycles. The Bertz CT molecular complexity index is 70.1. The number of ether oxygens (including phenoxy) is 1. The van der Waals surface area contributed by atoms with E-state index >= 15 is 0 Å². The van der Waals surface area contributed by atoms with Crippen LogP contribution in [0.5, 0.6) is 0 Å². The van der Waals surface area contributed by atoms with Gasteiger partial charge in [-0.05, 0) is 6.92 Å². The van der Waals surface area contributed by atoms with Gasteiger partial charge in [0.1, 0.15) is 3.92 Å². The fourth-order valence-electron chi connectivity index (χ4n) is 0.128. The molecule has 0 rings (SSSR count). The van der Waals surface area contributed by atoms with Gasteiger partial charge in [-0.15, -0.1) is 0 Å². The Hall–Kier alpha value is 0.200. The molecule has 0 bridgehead atoms. The number of hydrogen-bond donors (Lipinski definition) is 0. The molecule has 1 radical (unpaired) electrons. The van der Waals surface area contributed by atoms with Crippen molar-refractivity contribution in [3.63, 3.8) is 0 Å². The second-order valence-corrected chi connectivity index (χ2v) is 2.49. The quantitative estimate of drug-likeness (QED) is 0.365. The molecule has 0 saturated heterocycles. The van der Waals surface area contributed by atoms with E-state index in [0.717, 1.165) is 0 Å². The minimum Gasteiger partial charge on any atom is -0.468 e. The highest BCUT2D eigenvalue weighted by atomic mass is 127. The minimum absolute atomic E-state index is 0.275. The number of methoxy groups -OCH3 is 1. The maximum atomic E-state index is 10.2. The molecule has 2 nitrogen and oxygen atoms in total. The van der Waals surface area contributed by atoms with E-state index in [1.165, 1.54) is 7.11 Å². The first kappa shape index (κ1) is 7.20. The van der Waals surface area contributed by atoms with Gasteiger partial charge < -0.3 is 4.74 Å². The van der Waals surface area contributed by atoms with E-state index in [4.69, 9.17) is 0 Å². The average molecular weight is 213 g/mol. The van der Waals surface area contributed by atoms with E-state index in [0.29, 0.717) is 0 Å². The highest BCUT2D eigenvalue weighted by Gasteiger charge is 2.05. The molecule has 0 fully saturated rings. The van der Waals surface area contributed by atoms with Crippen LogP contribution in [-0.2, 0) is 9.53 Å². The summed E-state index contributed by atoms with van der Waals surface area (Å²) in [5, 5.41) is 0. The van der Waals surface area contributed by atoms with Crippen LogP contribution in [0.25, 0.3) is 0 Å². The lowest BCUT2D eigenvalue weighted by atomic mass is 10.5. The minimum atomic E-state index is -0.277. The van der Waals surface area contributed by atoms with Crippen molar-refractivity contribution in [2.75, 3.05) is 7.11 Å². The number of rotatable bonds is 1. The zero-order valence-electron chi connectivity index (χ0n) is 3.98. The number of carbonyl (C=O) groups is 1. The lowest BCUT2D eigenvalue weighted by Gasteiger charge is -1.96. The summed E-state index contributed by atoms with van der Waals surface area (Å²) in [7, 11) is 1.35. The number of halogens is 1. The number of alkyl halides is 1. The van der Waals surface area contributed by atoms with E-state index < -0.39 is 0 Å². The third-order valence-corrected chi connectivity index (χ3v) is 0.965. The molecule has 0 aromatic heterocycles. The summed E-state index contributed by atoms with van der Waals surface area (Å²) >= 11 is 1.88. The van der Waals surface area contributed by atoms with E-state index in [2.05, 4.69) is 11.7 Å². The van der Waals surface area contributed by atoms with Crippen molar-refractivity contribution in [2.45, 2.75) is 3.92 Å². The second kappa shape index (κ2) is 3.23. The van der Waals surface area contributed by atoms with E-state index in [9.17, 15) is 4.79 Å². The highest BCUT2D eigenvalue weighted by molar-refractivity contribution is 14.1. The standard InChI is InChI=1S/C4H6IO2/c1-3(5)4(6)7-2/h3H,1H2,2H3. The van der Waals surface area contributed by atoms with Crippen LogP contribution >= 0.6 is 22.6 Å². The van der Waals surface area contributed by atoms with E-state index in [1.807, 2.05) is 22.6 Å². The van der Waals surface area contributed by atoms with Crippen molar-refractivity contribution in [1.82, 2.24) is 0 Å². The molecule has 0 aliphatic rings. The fraction of sp³-hybridized carbons (Fsp3) is 0.500. The topological polar surface area (TPSA) is 26.3 Å². The summed E-state index contributed by atoms with van der Waals surface area (Å²) in [5.74, 6) is -0.277. The molecule has 3 heteroatoms. The smallest absolute Gasteiger partial charge is 0.318 e. The molecule has 0 aromatic rings. The van der Waals surface area contributed by atoms with Crippen LogP contribution < -0.4 is 0 Å². The Balaban J connectivity index is 3.35. The zero-order chi connectivity index (χ0) is 5.86. The monoisotopic (exact) mass is 213 g/mol. The molecular weight excluding hydrogens is 207 g/mol. The van der Waals surface area contributed by atoms with Gasteiger partial charge in [0, 0.05) is 0 Å². The number of esters is 1. The predicted molar refractivity (Wildman–Crippen MR) is 35.2 cm³/mol. The summed E-state index contributed by atoms with van der Waals surface area (Å²) in [6, 6.07) is 0. The fourth-order valence-corrected chi connectivity index (χ4v) is 0.382. The predicted octanol–water partition coefficient (Wildman–Crippen LogP) is 0.797. The van der Waals surface area contributed by atoms with Crippen molar-refractivity contribution < 1.29 is 9.53 Å². The molecule has 7 heavy (non-hydrogen) atoms. The number of carbonyl (C=O) groups excluding carboxylic acids is 1. The SMILES string of the molecule is [CH2]C(I)C(=O)OC. The largest absolute Gasteiger partial charge is 0.468 e. The van der Waals surface area contributed by atoms with Gasteiger partial charge >= 0.3 is 5.97 Å². The lowest BCUT2D eigenvalue weighted by Crippen LogP contribution is -2.10. The second-order valence-electron chi connectivity index (χ2n) is 0.991. The maximum absolute atomic E-state index is 10.2. The Kier molecular flexibility index (Phi) is 3.33. The number of hydrogen-bond acceptors (Lipinski definition) is 2. The van der Waals surface area contributed by atoms with Crippen LogP contribution in [0.3, 0.4) is 0 Å². The van der Waals surface area contributed by atoms with Crippen LogP contribution in [-0.4, -0.2) is 17.0 Å². The Labute approximate surface area is 56.4 Å². The molecule has 0 amide bonds. The van der Waals surface area contributed by atoms with Crippen molar-refractivity contribution >= 4 is 28.6 Å².